The molecule has 0 aliphatic heterocycles. The van der Waals surface area contributed by atoms with Crippen molar-refractivity contribution in [3.63, 3.8) is 0 Å². The summed E-state index contributed by atoms with van der Waals surface area (Å²) in [7, 11) is 0. The first-order chi connectivity index (χ1) is 8.10. The summed E-state index contributed by atoms with van der Waals surface area (Å²) in [6.45, 7) is 1.75. The predicted molar refractivity (Wildman–Crippen MR) is 64.1 cm³/mol. The summed E-state index contributed by atoms with van der Waals surface area (Å²) in [5.41, 5.74) is 0.166. The number of aromatic amines is 2. The molecule has 1 aromatic heterocycles. The molecule has 2 rings (SSSR count). The van der Waals surface area contributed by atoms with Gasteiger partial charge in [-0.2, -0.15) is 0 Å². The highest BCUT2D eigenvalue weighted by Crippen LogP contribution is 2.13. The molecule has 0 fully saturated rings. The summed E-state index contributed by atoms with van der Waals surface area (Å²) >= 11 is 0. The van der Waals surface area contributed by atoms with Crippen LogP contribution in [-0.4, -0.2) is 15.9 Å². The van der Waals surface area contributed by atoms with Crippen molar-refractivity contribution < 1.29 is 4.79 Å². The number of nitrogens with one attached hydrogen (secondary N) is 3. The molecule has 0 saturated carbocycles. The van der Waals surface area contributed by atoms with Gasteiger partial charge >= 0.3 is 11.1 Å². The average molecular weight is 233 g/mol. The number of anilines is 1. The number of hydrogen-bond donors (Lipinski definition) is 3. The molecule has 2 aromatic rings. The van der Waals surface area contributed by atoms with E-state index in [0.717, 1.165) is 0 Å². The molecule has 6 heteroatoms. The first-order valence-corrected chi connectivity index (χ1v) is 5.16. The van der Waals surface area contributed by atoms with Crippen LogP contribution < -0.4 is 16.4 Å². The number of benzene rings is 1. The van der Waals surface area contributed by atoms with Crippen LogP contribution in [0.1, 0.15) is 13.3 Å². The lowest BCUT2D eigenvalue weighted by molar-refractivity contribution is -0.115. The smallest absolute Gasteiger partial charge is 0.314 e. The Kier molecular flexibility index (Phi) is 2.78. The van der Waals surface area contributed by atoms with Crippen molar-refractivity contribution in [2.24, 2.45) is 0 Å². The van der Waals surface area contributed by atoms with Crippen LogP contribution in [0.3, 0.4) is 0 Å². The molecule has 1 heterocycles. The first-order valence-electron chi connectivity index (χ1n) is 5.16. The molecule has 17 heavy (non-hydrogen) atoms. The van der Waals surface area contributed by atoms with Gasteiger partial charge in [0.15, 0.2) is 0 Å². The zero-order valence-electron chi connectivity index (χ0n) is 9.16. The third-order valence-electron chi connectivity index (χ3n) is 2.33. The van der Waals surface area contributed by atoms with Gasteiger partial charge in [0.25, 0.3) is 0 Å². The Morgan fingerprint density at radius 1 is 1.18 bits per heavy atom. The Bertz CT molecular complexity index is 684. The molecule has 1 amide bonds. The van der Waals surface area contributed by atoms with Crippen molar-refractivity contribution in [3.8, 4) is 0 Å². The molecule has 0 bridgehead atoms. The summed E-state index contributed by atoms with van der Waals surface area (Å²) in [5.74, 6) is -0.115. The Morgan fingerprint density at radius 3 is 2.47 bits per heavy atom. The highest BCUT2D eigenvalue weighted by Gasteiger charge is 2.02. The molecule has 0 saturated heterocycles. The van der Waals surface area contributed by atoms with Gasteiger partial charge in [0.05, 0.1) is 11.0 Å². The van der Waals surface area contributed by atoms with E-state index in [1.165, 1.54) is 0 Å². The van der Waals surface area contributed by atoms with E-state index < -0.39 is 11.1 Å². The monoisotopic (exact) mass is 233 g/mol. The van der Waals surface area contributed by atoms with Gasteiger partial charge < -0.3 is 15.3 Å². The van der Waals surface area contributed by atoms with E-state index in [0.29, 0.717) is 23.1 Å². The highest BCUT2D eigenvalue weighted by atomic mass is 16.2. The second kappa shape index (κ2) is 4.25. The maximum absolute atomic E-state index is 11.2. The van der Waals surface area contributed by atoms with Crippen molar-refractivity contribution in [2.75, 3.05) is 5.32 Å². The van der Waals surface area contributed by atoms with Gasteiger partial charge in [0.1, 0.15) is 0 Å². The maximum atomic E-state index is 11.2. The number of hydrogen-bond acceptors (Lipinski definition) is 3. The van der Waals surface area contributed by atoms with Gasteiger partial charge in [0.2, 0.25) is 5.91 Å². The zero-order valence-corrected chi connectivity index (χ0v) is 9.16. The van der Waals surface area contributed by atoms with E-state index in [-0.39, 0.29) is 5.91 Å². The molecule has 0 aliphatic carbocycles. The van der Waals surface area contributed by atoms with Crippen LogP contribution in [0.4, 0.5) is 5.69 Å². The van der Waals surface area contributed by atoms with E-state index in [1.807, 2.05) is 0 Å². The number of amides is 1. The second-order valence-corrected chi connectivity index (χ2v) is 3.57. The van der Waals surface area contributed by atoms with Gasteiger partial charge in [0, 0.05) is 12.1 Å². The van der Waals surface area contributed by atoms with Crippen molar-refractivity contribution in [2.45, 2.75) is 13.3 Å². The van der Waals surface area contributed by atoms with Crippen LogP contribution in [-0.2, 0) is 4.79 Å². The lowest BCUT2D eigenvalue weighted by Crippen LogP contribution is -2.28. The average Bonchev–Trinajstić information content (AvgIpc) is 2.31. The summed E-state index contributed by atoms with van der Waals surface area (Å²) in [6, 6.07) is 4.88. The van der Waals surface area contributed by atoms with Crippen LogP contribution in [0.15, 0.2) is 27.8 Å². The topological polar surface area (TPSA) is 94.8 Å². The SMILES string of the molecule is CCC(=O)Nc1ccc2[nH]c(=O)c(=O)[nH]c2c1. The maximum Gasteiger partial charge on any atom is 0.314 e. The molecule has 6 nitrogen and oxygen atoms in total. The van der Waals surface area contributed by atoms with E-state index >= 15 is 0 Å². The lowest BCUT2D eigenvalue weighted by Gasteiger charge is -2.04. The van der Waals surface area contributed by atoms with Crippen LogP contribution in [0, 0.1) is 0 Å². The number of aromatic nitrogens is 2. The van der Waals surface area contributed by atoms with Crippen LogP contribution in [0.2, 0.25) is 0 Å². The van der Waals surface area contributed by atoms with Crippen molar-refractivity contribution >= 4 is 22.6 Å². The van der Waals surface area contributed by atoms with E-state index in [1.54, 1.807) is 25.1 Å². The molecule has 1 aromatic carbocycles. The quantitative estimate of drug-likeness (QED) is 0.661. The Balaban J connectivity index is 2.50. The van der Waals surface area contributed by atoms with Crippen molar-refractivity contribution in [1.82, 2.24) is 9.97 Å². The summed E-state index contributed by atoms with van der Waals surface area (Å²) in [4.78, 5) is 38.3. The van der Waals surface area contributed by atoms with Crippen molar-refractivity contribution in [3.05, 3.63) is 38.9 Å². The molecular formula is C11H11N3O3. The van der Waals surface area contributed by atoms with Gasteiger partial charge in [-0.05, 0) is 18.2 Å². The lowest BCUT2D eigenvalue weighted by atomic mass is 10.2. The second-order valence-electron chi connectivity index (χ2n) is 3.57. The van der Waals surface area contributed by atoms with Crippen LogP contribution in [0.25, 0.3) is 11.0 Å². The molecule has 0 aliphatic rings. The Morgan fingerprint density at radius 2 is 1.82 bits per heavy atom. The Labute approximate surface area is 95.7 Å². The minimum absolute atomic E-state index is 0.115. The fraction of sp³-hybridized carbons (Fsp3) is 0.182. The Hall–Kier alpha value is -2.37. The summed E-state index contributed by atoms with van der Waals surface area (Å²) < 4.78 is 0. The van der Waals surface area contributed by atoms with Crippen LogP contribution in [0.5, 0.6) is 0 Å². The minimum atomic E-state index is -0.712. The van der Waals surface area contributed by atoms with Gasteiger partial charge in [-0.1, -0.05) is 6.92 Å². The third-order valence-corrected chi connectivity index (χ3v) is 2.33. The van der Waals surface area contributed by atoms with Crippen LogP contribution >= 0.6 is 0 Å². The number of H-pyrrole nitrogens is 2. The van der Waals surface area contributed by atoms with E-state index in [9.17, 15) is 14.4 Å². The summed E-state index contributed by atoms with van der Waals surface area (Å²) in [6.07, 6.45) is 0.375. The van der Waals surface area contributed by atoms with Gasteiger partial charge in [-0.15, -0.1) is 0 Å². The molecule has 0 unspecified atom stereocenters. The molecule has 0 spiro atoms. The first kappa shape index (κ1) is 11.1. The van der Waals surface area contributed by atoms with E-state index in [2.05, 4.69) is 15.3 Å². The number of fused-ring (bicyclic) bond motifs is 1. The predicted octanol–water partition coefficient (Wildman–Crippen LogP) is 0.565. The zero-order chi connectivity index (χ0) is 12.4. The minimum Gasteiger partial charge on any atom is -0.326 e. The number of rotatable bonds is 2. The number of carbonyl (C=O) groups excluding carboxylic acids is 1. The fourth-order valence-electron chi connectivity index (χ4n) is 1.44. The fourth-order valence-corrected chi connectivity index (χ4v) is 1.44. The van der Waals surface area contributed by atoms with E-state index in [4.69, 9.17) is 0 Å². The van der Waals surface area contributed by atoms with Gasteiger partial charge in [-0.3, -0.25) is 14.4 Å². The molecule has 0 radical (unpaired) electrons. The van der Waals surface area contributed by atoms with Gasteiger partial charge in [-0.25, -0.2) is 0 Å². The molecule has 0 atom stereocenters. The largest absolute Gasteiger partial charge is 0.326 e. The number of carbonyl (C=O) groups is 1. The third kappa shape index (κ3) is 2.25. The molecule has 88 valence electrons. The summed E-state index contributed by atoms with van der Waals surface area (Å²) in [5, 5.41) is 2.66. The normalized spacial score (nSPS) is 10.4. The van der Waals surface area contributed by atoms with Crippen molar-refractivity contribution in [1.29, 1.82) is 0 Å². The molecular weight excluding hydrogens is 222 g/mol. The molecule has 3 N–H and O–H groups in total. The standard InChI is InChI=1S/C11H11N3O3/c1-2-9(15)12-6-3-4-7-8(5-6)14-11(17)10(16)13-7/h3-5H,2H2,1H3,(H,12,15)(H,13,16)(H,14,17). The highest BCUT2D eigenvalue weighted by molar-refractivity contribution is 5.92.